The molecule has 3 aromatic carbocycles. The molecular weight excluding hydrogens is 396 g/mol. The van der Waals surface area contributed by atoms with Gasteiger partial charge in [-0.05, 0) is 66.6 Å². The van der Waals surface area contributed by atoms with Crippen molar-refractivity contribution in [3.63, 3.8) is 0 Å². The highest BCUT2D eigenvalue weighted by Crippen LogP contribution is 2.27. The van der Waals surface area contributed by atoms with E-state index in [-0.39, 0.29) is 5.91 Å². The van der Waals surface area contributed by atoms with Crippen LogP contribution < -0.4 is 19.6 Å². The molecule has 1 N–H and O–H groups in total. The fraction of sp³-hybridized carbons (Fsp3) is 0.125. The predicted octanol–water partition coefficient (Wildman–Crippen LogP) is 4.00. The Labute approximate surface area is 180 Å². The Kier molecular flexibility index (Phi) is 7.01. The van der Waals surface area contributed by atoms with Crippen molar-refractivity contribution in [1.82, 2.24) is 5.43 Å². The summed E-state index contributed by atoms with van der Waals surface area (Å²) in [6.45, 7) is 1.85. The lowest BCUT2D eigenvalue weighted by Crippen LogP contribution is -2.17. The van der Waals surface area contributed by atoms with Crippen molar-refractivity contribution >= 4 is 18.1 Å². The first-order chi connectivity index (χ1) is 15.0. The van der Waals surface area contributed by atoms with E-state index in [4.69, 9.17) is 14.2 Å². The number of hydrazone groups is 1. The van der Waals surface area contributed by atoms with Crippen LogP contribution in [-0.2, 0) is 0 Å². The van der Waals surface area contributed by atoms with Gasteiger partial charge in [-0.25, -0.2) is 10.2 Å². The minimum Gasteiger partial charge on any atom is -0.493 e. The van der Waals surface area contributed by atoms with Crippen LogP contribution in [0.3, 0.4) is 0 Å². The first kappa shape index (κ1) is 21.6. The van der Waals surface area contributed by atoms with Gasteiger partial charge in [0.25, 0.3) is 5.91 Å². The maximum Gasteiger partial charge on any atom is 0.343 e. The van der Waals surface area contributed by atoms with E-state index in [1.54, 1.807) is 54.6 Å². The normalized spacial score (nSPS) is 10.5. The number of aryl methyl sites for hydroxylation is 1. The van der Waals surface area contributed by atoms with Crippen LogP contribution in [0.4, 0.5) is 0 Å². The molecule has 0 radical (unpaired) electrons. The van der Waals surface area contributed by atoms with Gasteiger partial charge >= 0.3 is 5.97 Å². The van der Waals surface area contributed by atoms with E-state index in [9.17, 15) is 9.59 Å². The summed E-state index contributed by atoms with van der Waals surface area (Å²) < 4.78 is 15.8. The van der Waals surface area contributed by atoms with Crippen molar-refractivity contribution in [2.24, 2.45) is 5.10 Å². The summed E-state index contributed by atoms with van der Waals surface area (Å²) >= 11 is 0. The molecule has 0 aromatic heterocycles. The van der Waals surface area contributed by atoms with Gasteiger partial charge in [-0.3, -0.25) is 4.79 Å². The predicted molar refractivity (Wildman–Crippen MR) is 117 cm³/mol. The Morgan fingerprint density at radius 3 is 2.29 bits per heavy atom. The standard InChI is InChI=1S/C24H22N2O5/c1-16-6-4-5-7-20(16)24(28)31-19-11-8-17(9-12-19)15-25-26-23(27)18-10-13-21(29-2)22(14-18)30-3/h4-15H,1-3H3,(H,26,27)/b25-15-. The second-order valence-electron chi connectivity index (χ2n) is 6.54. The molecule has 0 fully saturated rings. The number of hydrogen-bond acceptors (Lipinski definition) is 6. The third-order valence-corrected chi connectivity index (χ3v) is 4.48. The summed E-state index contributed by atoms with van der Waals surface area (Å²) in [5, 5.41) is 3.96. The number of benzene rings is 3. The van der Waals surface area contributed by atoms with E-state index in [1.165, 1.54) is 20.4 Å². The summed E-state index contributed by atoms with van der Waals surface area (Å²) in [6, 6.07) is 18.8. The van der Waals surface area contributed by atoms with Crippen LogP contribution in [0.5, 0.6) is 17.2 Å². The second-order valence-corrected chi connectivity index (χ2v) is 6.54. The highest BCUT2D eigenvalue weighted by molar-refractivity contribution is 5.95. The zero-order valence-electron chi connectivity index (χ0n) is 17.4. The number of esters is 1. The average Bonchev–Trinajstić information content (AvgIpc) is 2.79. The molecule has 1 amide bonds. The molecule has 0 aliphatic heterocycles. The number of carbonyl (C=O) groups excluding carboxylic acids is 2. The van der Waals surface area contributed by atoms with Gasteiger partial charge in [-0.1, -0.05) is 18.2 Å². The zero-order chi connectivity index (χ0) is 22.2. The lowest BCUT2D eigenvalue weighted by Gasteiger charge is -2.08. The molecule has 0 atom stereocenters. The summed E-state index contributed by atoms with van der Waals surface area (Å²) in [7, 11) is 3.02. The van der Waals surface area contributed by atoms with E-state index < -0.39 is 5.97 Å². The van der Waals surface area contributed by atoms with Crippen LogP contribution >= 0.6 is 0 Å². The Morgan fingerprint density at radius 1 is 0.903 bits per heavy atom. The number of carbonyl (C=O) groups is 2. The highest BCUT2D eigenvalue weighted by atomic mass is 16.5. The van der Waals surface area contributed by atoms with E-state index in [0.717, 1.165) is 11.1 Å². The fourth-order valence-corrected chi connectivity index (χ4v) is 2.79. The van der Waals surface area contributed by atoms with Gasteiger partial charge in [-0.2, -0.15) is 5.10 Å². The van der Waals surface area contributed by atoms with Crippen molar-refractivity contribution in [1.29, 1.82) is 0 Å². The summed E-state index contributed by atoms with van der Waals surface area (Å²) in [4.78, 5) is 24.5. The fourth-order valence-electron chi connectivity index (χ4n) is 2.79. The van der Waals surface area contributed by atoms with Crippen molar-refractivity contribution in [2.45, 2.75) is 6.92 Å². The molecular formula is C24H22N2O5. The summed E-state index contributed by atoms with van der Waals surface area (Å²) in [5.74, 6) is 0.600. The van der Waals surface area contributed by atoms with Gasteiger partial charge in [0.05, 0.1) is 26.0 Å². The minimum atomic E-state index is -0.415. The molecule has 0 spiro atoms. The van der Waals surface area contributed by atoms with Gasteiger partial charge in [0.2, 0.25) is 0 Å². The van der Waals surface area contributed by atoms with Crippen LogP contribution in [0.1, 0.15) is 31.8 Å². The highest BCUT2D eigenvalue weighted by Gasteiger charge is 2.11. The van der Waals surface area contributed by atoms with Crippen LogP contribution in [0.15, 0.2) is 71.8 Å². The third kappa shape index (κ3) is 5.48. The molecule has 31 heavy (non-hydrogen) atoms. The Bertz CT molecular complexity index is 1110. The topological polar surface area (TPSA) is 86.2 Å². The largest absolute Gasteiger partial charge is 0.493 e. The first-order valence-corrected chi connectivity index (χ1v) is 9.45. The maximum absolute atomic E-state index is 12.3. The van der Waals surface area contributed by atoms with Gasteiger partial charge in [0, 0.05) is 5.56 Å². The Hall–Kier alpha value is -4.13. The molecule has 0 saturated heterocycles. The number of hydrogen-bond donors (Lipinski definition) is 1. The van der Waals surface area contributed by atoms with Crippen LogP contribution in [-0.4, -0.2) is 32.3 Å². The van der Waals surface area contributed by atoms with Crippen LogP contribution in [0, 0.1) is 6.92 Å². The zero-order valence-corrected chi connectivity index (χ0v) is 17.4. The molecule has 0 unspecified atom stereocenters. The van der Waals surface area contributed by atoms with Crippen molar-refractivity contribution < 1.29 is 23.8 Å². The van der Waals surface area contributed by atoms with Gasteiger partial charge in [0.1, 0.15) is 5.75 Å². The Morgan fingerprint density at radius 2 is 1.61 bits per heavy atom. The number of nitrogens with one attached hydrogen (secondary N) is 1. The van der Waals surface area contributed by atoms with Gasteiger partial charge in [-0.15, -0.1) is 0 Å². The monoisotopic (exact) mass is 418 g/mol. The smallest absolute Gasteiger partial charge is 0.343 e. The van der Waals surface area contributed by atoms with Crippen molar-refractivity contribution in [2.75, 3.05) is 14.2 Å². The molecule has 158 valence electrons. The van der Waals surface area contributed by atoms with Crippen LogP contribution in [0.2, 0.25) is 0 Å². The quantitative estimate of drug-likeness (QED) is 0.271. The van der Waals surface area contributed by atoms with Gasteiger partial charge in [0.15, 0.2) is 11.5 Å². The number of nitrogens with zero attached hydrogens (tertiary/aromatic N) is 1. The van der Waals surface area contributed by atoms with E-state index in [1.807, 2.05) is 19.1 Å². The van der Waals surface area contributed by atoms with Crippen molar-refractivity contribution in [3.05, 3.63) is 89.0 Å². The number of ether oxygens (including phenoxy) is 3. The first-order valence-electron chi connectivity index (χ1n) is 9.45. The molecule has 7 heteroatoms. The number of rotatable bonds is 7. The molecule has 0 heterocycles. The molecule has 3 rings (SSSR count). The van der Waals surface area contributed by atoms with Crippen LogP contribution in [0.25, 0.3) is 0 Å². The van der Waals surface area contributed by atoms with E-state index in [2.05, 4.69) is 10.5 Å². The maximum atomic E-state index is 12.3. The van der Waals surface area contributed by atoms with E-state index in [0.29, 0.717) is 28.4 Å². The molecule has 0 aliphatic carbocycles. The molecule has 7 nitrogen and oxygen atoms in total. The molecule has 0 bridgehead atoms. The van der Waals surface area contributed by atoms with Gasteiger partial charge < -0.3 is 14.2 Å². The summed E-state index contributed by atoms with van der Waals surface area (Å²) in [5.41, 5.74) is 4.94. The van der Waals surface area contributed by atoms with Crippen molar-refractivity contribution in [3.8, 4) is 17.2 Å². The SMILES string of the molecule is COc1ccc(C(=O)N/N=C\c2ccc(OC(=O)c3ccccc3C)cc2)cc1OC. The second kappa shape index (κ2) is 10.1. The number of amides is 1. The molecule has 3 aromatic rings. The number of methoxy groups -OCH3 is 2. The average molecular weight is 418 g/mol. The molecule has 0 aliphatic rings. The minimum absolute atomic E-state index is 0.383. The Balaban J connectivity index is 1.59. The van der Waals surface area contributed by atoms with E-state index >= 15 is 0 Å². The lowest BCUT2D eigenvalue weighted by atomic mass is 10.1. The molecule has 0 saturated carbocycles. The lowest BCUT2D eigenvalue weighted by molar-refractivity contribution is 0.0733. The summed E-state index contributed by atoms with van der Waals surface area (Å²) in [6.07, 6.45) is 1.49. The third-order valence-electron chi connectivity index (χ3n) is 4.48.